The van der Waals surface area contributed by atoms with Gasteiger partial charge < -0.3 is 0 Å². The van der Waals surface area contributed by atoms with Crippen molar-refractivity contribution in [3.8, 4) is 5.69 Å². The highest BCUT2D eigenvalue weighted by Gasteiger charge is 2.10. The predicted octanol–water partition coefficient (Wildman–Crippen LogP) is 3.35. The van der Waals surface area contributed by atoms with Crippen molar-refractivity contribution >= 4 is 11.6 Å². The summed E-state index contributed by atoms with van der Waals surface area (Å²) in [6, 6.07) is 5.84. The summed E-state index contributed by atoms with van der Waals surface area (Å²) >= 11 is 6.01. The Morgan fingerprint density at radius 2 is 2.06 bits per heavy atom. The van der Waals surface area contributed by atoms with Gasteiger partial charge in [0.1, 0.15) is 0 Å². The molecule has 0 unspecified atom stereocenters. The van der Waals surface area contributed by atoms with E-state index in [2.05, 4.69) is 24.2 Å². The Hall–Kier alpha value is -1.35. The summed E-state index contributed by atoms with van der Waals surface area (Å²) in [5.74, 6) is 0.401. The minimum atomic E-state index is 0.401. The Kier molecular flexibility index (Phi) is 2.97. The molecule has 0 atom stereocenters. The third kappa shape index (κ3) is 2.09. The Morgan fingerprint density at radius 3 is 2.62 bits per heavy atom. The van der Waals surface area contributed by atoms with Gasteiger partial charge in [-0.2, -0.15) is 0 Å². The Morgan fingerprint density at radius 1 is 1.31 bits per heavy atom. The van der Waals surface area contributed by atoms with E-state index in [0.717, 1.165) is 16.4 Å². The van der Waals surface area contributed by atoms with Crippen LogP contribution in [0.2, 0.25) is 5.02 Å². The molecule has 0 amide bonds. The van der Waals surface area contributed by atoms with Gasteiger partial charge in [-0.3, -0.25) is 0 Å². The summed E-state index contributed by atoms with van der Waals surface area (Å²) in [5.41, 5.74) is 3.13. The summed E-state index contributed by atoms with van der Waals surface area (Å²) in [5, 5.41) is 8.83. The van der Waals surface area contributed by atoms with E-state index in [1.165, 1.54) is 5.56 Å². The van der Waals surface area contributed by atoms with Crippen LogP contribution in [0.1, 0.15) is 31.0 Å². The maximum Gasteiger partial charge on any atom is 0.0800 e. The van der Waals surface area contributed by atoms with Gasteiger partial charge in [0.05, 0.1) is 17.6 Å². The number of aryl methyl sites for hydroxylation is 1. The maximum atomic E-state index is 6.01. The first-order chi connectivity index (χ1) is 7.58. The molecular weight excluding hydrogens is 222 g/mol. The molecule has 0 radical (unpaired) electrons. The summed E-state index contributed by atoms with van der Waals surface area (Å²) < 4.78 is 1.79. The minimum Gasteiger partial charge on any atom is -0.220 e. The smallest absolute Gasteiger partial charge is 0.0800 e. The highest BCUT2D eigenvalue weighted by molar-refractivity contribution is 6.30. The fourth-order valence-corrected chi connectivity index (χ4v) is 1.84. The Balaban J connectivity index is 2.56. The van der Waals surface area contributed by atoms with Crippen molar-refractivity contribution in [3.63, 3.8) is 0 Å². The SMILES string of the molecule is Cc1cn(-c2ccc(Cl)cc2C(C)C)nn1. The lowest BCUT2D eigenvalue weighted by Crippen LogP contribution is -2.02. The first kappa shape index (κ1) is 11.1. The molecule has 4 heteroatoms. The molecule has 2 aromatic rings. The number of rotatable bonds is 2. The normalized spacial score (nSPS) is 11.1. The molecule has 2 rings (SSSR count). The number of nitrogens with zero attached hydrogens (tertiary/aromatic N) is 3. The average molecular weight is 236 g/mol. The van der Waals surface area contributed by atoms with E-state index in [9.17, 15) is 0 Å². The van der Waals surface area contributed by atoms with Crippen molar-refractivity contribution in [2.24, 2.45) is 0 Å². The van der Waals surface area contributed by atoms with Gasteiger partial charge in [0.2, 0.25) is 0 Å². The van der Waals surface area contributed by atoms with E-state index in [4.69, 9.17) is 11.6 Å². The van der Waals surface area contributed by atoms with Gasteiger partial charge in [-0.1, -0.05) is 30.7 Å². The molecule has 0 aliphatic carbocycles. The van der Waals surface area contributed by atoms with Crippen LogP contribution in [0.5, 0.6) is 0 Å². The van der Waals surface area contributed by atoms with Gasteiger partial charge in [0.25, 0.3) is 0 Å². The van der Waals surface area contributed by atoms with Gasteiger partial charge in [-0.25, -0.2) is 4.68 Å². The molecule has 1 heterocycles. The maximum absolute atomic E-state index is 6.01. The molecule has 0 spiro atoms. The van der Waals surface area contributed by atoms with E-state index in [-0.39, 0.29) is 0 Å². The zero-order valence-corrected chi connectivity index (χ0v) is 10.4. The number of benzene rings is 1. The second kappa shape index (κ2) is 4.26. The van der Waals surface area contributed by atoms with Crippen molar-refractivity contribution < 1.29 is 0 Å². The first-order valence-electron chi connectivity index (χ1n) is 5.26. The molecule has 0 aliphatic heterocycles. The first-order valence-corrected chi connectivity index (χ1v) is 5.64. The van der Waals surface area contributed by atoms with E-state index in [1.54, 1.807) is 4.68 Å². The summed E-state index contributed by atoms with van der Waals surface area (Å²) in [6.45, 7) is 6.20. The molecule has 3 nitrogen and oxygen atoms in total. The summed E-state index contributed by atoms with van der Waals surface area (Å²) in [7, 11) is 0. The summed E-state index contributed by atoms with van der Waals surface area (Å²) in [6.07, 6.45) is 1.91. The van der Waals surface area contributed by atoms with E-state index in [1.807, 2.05) is 31.3 Å². The number of halogens is 1. The van der Waals surface area contributed by atoms with E-state index >= 15 is 0 Å². The lowest BCUT2D eigenvalue weighted by Gasteiger charge is -2.12. The van der Waals surface area contributed by atoms with Gasteiger partial charge in [-0.05, 0) is 36.6 Å². The molecular formula is C12H14ClN3. The molecule has 0 aliphatic rings. The Labute approximate surface area is 100 Å². The quantitative estimate of drug-likeness (QED) is 0.799. The molecule has 0 saturated carbocycles. The predicted molar refractivity (Wildman–Crippen MR) is 65.2 cm³/mol. The molecule has 1 aromatic heterocycles. The monoisotopic (exact) mass is 235 g/mol. The standard InChI is InChI=1S/C12H14ClN3/c1-8(2)11-6-10(13)4-5-12(11)16-7-9(3)14-15-16/h4-8H,1-3H3. The van der Waals surface area contributed by atoms with Crippen LogP contribution in [-0.4, -0.2) is 15.0 Å². The highest BCUT2D eigenvalue weighted by atomic mass is 35.5. The topological polar surface area (TPSA) is 30.7 Å². The third-order valence-corrected chi connectivity index (χ3v) is 2.70. The van der Waals surface area contributed by atoms with Crippen molar-refractivity contribution in [3.05, 3.63) is 40.7 Å². The molecule has 0 bridgehead atoms. The second-order valence-electron chi connectivity index (χ2n) is 4.16. The van der Waals surface area contributed by atoms with Gasteiger partial charge >= 0.3 is 0 Å². The largest absolute Gasteiger partial charge is 0.220 e. The van der Waals surface area contributed by atoms with Crippen molar-refractivity contribution in [2.45, 2.75) is 26.7 Å². The molecule has 16 heavy (non-hydrogen) atoms. The van der Waals surface area contributed by atoms with Crippen LogP contribution in [0.15, 0.2) is 24.4 Å². The van der Waals surface area contributed by atoms with Crippen molar-refractivity contribution in [1.82, 2.24) is 15.0 Å². The molecule has 0 N–H and O–H groups in total. The van der Waals surface area contributed by atoms with E-state index < -0.39 is 0 Å². The van der Waals surface area contributed by atoms with Crippen LogP contribution in [0.4, 0.5) is 0 Å². The van der Waals surface area contributed by atoms with Crippen LogP contribution in [0.3, 0.4) is 0 Å². The lowest BCUT2D eigenvalue weighted by atomic mass is 10.0. The van der Waals surface area contributed by atoms with Crippen LogP contribution < -0.4 is 0 Å². The van der Waals surface area contributed by atoms with Crippen LogP contribution in [-0.2, 0) is 0 Å². The third-order valence-electron chi connectivity index (χ3n) is 2.47. The van der Waals surface area contributed by atoms with Crippen LogP contribution >= 0.6 is 11.6 Å². The fraction of sp³-hybridized carbons (Fsp3) is 0.333. The molecule has 1 aromatic carbocycles. The highest BCUT2D eigenvalue weighted by Crippen LogP contribution is 2.25. The van der Waals surface area contributed by atoms with Crippen molar-refractivity contribution in [2.75, 3.05) is 0 Å². The van der Waals surface area contributed by atoms with Crippen molar-refractivity contribution in [1.29, 1.82) is 0 Å². The minimum absolute atomic E-state index is 0.401. The number of hydrogen-bond donors (Lipinski definition) is 0. The van der Waals surface area contributed by atoms with Crippen LogP contribution in [0, 0.1) is 6.92 Å². The molecule has 0 fully saturated rings. The summed E-state index contributed by atoms with van der Waals surface area (Å²) in [4.78, 5) is 0. The average Bonchev–Trinajstić information content (AvgIpc) is 2.64. The zero-order chi connectivity index (χ0) is 11.7. The number of hydrogen-bond acceptors (Lipinski definition) is 2. The second-order valence-corrected chi connectivity index (χ2v) is 4.60. The molecule has 0 saturated heterocycles. The van der Waals surface area contributed by atoms with E-state index in [0.29, 0.717) is 5.92 Å². The van der Waals surface area contributed by atoms with Gasteiger partial charge in [0, 0.05) is 5.02 Å². The molecule has 84 valence electrons. The zero-order valence-electron chi connectivity index (χ0n) is 9.61. The van der Waals surface area contributed by atoms with Gasteiger partial charge in [-0.15, -0.1) is 5.10 Å². The Bertz CT molecular complexity index is 503. The van der Waals surface area contributed by atoms with Gasteiger partial charge in [0.15, 0.2) is 0 Å². The fourth-order valence-electron chi connectivity index (χ4n) is 1.66. The number of aromatic nitrogens is 3. The lowest BCUT2D eigenvalue weighted by molar-refractivity contribution is 0.769. The van der Waals surface area contributed by atoms with Crippen LogP contribution in [0.25, 0.3) is 5.69 Å².